The molecule has 1 saturated heterocycles. The van der Waals surface area contributed by atoms with E-state index in [4.69, 9.17) is 5.14 Å². The van der Waals surface area contributed by atoms with E-state index in [-0.39, 0.29) is 21.3 Å². The predicted molar refractivity (Wildman–Crippen MR) is 76.1 cm³/mol. The van der Waals surface area contributed by atoms with Crippen LogP contribution < -0.4 is 5.14 Å². The Bertz CT molecular complexity index is 728. The molecule has 1 aromatic rings. The number of nitrogens with two attached hydrogens (primary N) is 1. The summed E-state index contributed by atoms with van der Waals surface area (Å²) in [6, 6.07) is 3.26. The van der Waals surface area contributed by atoms with E-state index in [2.05, 4.69) is 0 Å². The molecule has 0 saturated carbocycles. The Morgan fingerprint density at radius 3 is 2.05 bits per heavy atom. The van der Waals surface area contributed by atoms with Crippen molar-refractivity contribution >= 4 is 25.8 Å². The molecular weight excluding hydrogens is 316 g/mol. The average Bonchev–Trinajstić information content (AvgIpc) is 2.89. The fraction of sp³-hybridized carbons (Fsp3) is 0.417. The molecule has 9 heteroatoms. The van der Waals surface area contributed by atoms with E-state index in [1.54, 1.807) is 4.90 Å². The lowest BCUT2D eigenvalue weighted by atomic mass is 10.2. The van der Waals surface area contributed by atoms with Crippen molar-refractivity contribution in [1.29, 1.82) is 0 Å². The first-order chi connectivity index (χ1) is 9.59. The van der Waals surface area contributed by atoms with Crippen LogP contribution in [0.15, 0.2) is 28.0 Å². The second-order valence-corrected chi connectivity index (χ2v) is 8.59. The summed E-state index contributed by atoms with van der Waals surface area (Å²) in [5, 5.41) is 5.04. The van der Waals surface area contributed by atoms with Crippen molar-refractivity contribution in [1.82, 2.24) is 4.90 Å². The lowest BCUT2D eigenvalue weighted by molar-refractivity contribution is 0.0792. The Labute approximate surface area is 123 Å². The highest BCUT2D eigenvalue weighted by Crippen LogP contribution is 2.21. The van der Waals surface area contributed by atoms with E-state index >= 15 is 0 Å². The molecule has 0 bridgehead atoms. The van der Waals surface area contributed by atoms with Gasteiger partial charge in [-0.2, -0.15) is 0 Å². The molecule has 1 fully saturated rings. The molecule has 2 N–H and O–H groups in total. The fourth-order valence-corrected chi connectivity index (χ4v) is 3.52. The second kappa shape index (κ2) is 5.39. The summed E-state index contributed by atoms with van der Waals surface area (Å²) in [5.74, 6) is -0.386. The van der Waals surface area contributed by atoms with E-state index in [0.29, 0.717) is 13.1 Å². The first-order valence-corrected chi connectivity index (χ1v) is 9.70. The smallest absolute Gasteiger partial charge is 0.253 e. The van der Waals surface area contributed by atoms with Crippen molar-refractivity contribution < 1.29 is 21.6 Å². The van der Waals surface area contributed by atoms with Gasteiger partial charge >= 0.3 is 0 Å². The van der Waals surface area contributed by atoms with Crippen LogP contribution in [-0.4, -0.2) is 47.0 Å². The molecular formula is C12H16N2O5S2. The summed E-state index contributed by atoms with van der Waals surface area (Å²) in [4.78, 5) is 13.2. The molecule has 7 nitrogen and oxygen atoms in total. The third-order valence-corrected chi connectivity index (χ3v) is 5.26. The second-order valence-electron chi connectivity index (χ2n) is 5.01. The van der Waals surface area contributed by atoms with E-state index in [9.17, 15) is 21.6 Å². The number of hydrogen-bond donors (Lipinski definition) is 1. The third-order valence-electron chi connectivity index (χ3n) is 3.28. The monoisotopic (exact) mass is 332 g/mol. The molecule has 1 amide bonds. The molecule has 1 aromatic carbocycles. The summed E-state index contributed by atoms with van der Waals surface area (Å²) in [5.41, 5.74) is 0.0175. The van der Waals surface area contributed by atoms with Gasteiger partial charge in [0.1, 0.15) is 0 Å². The van der Waals surface area contributed by atoms with Crippen LogP contribution in [0.4, 0.5) is 0 Å². The quantitative estimate of drug-likeness (QED) is 0.835. The number of primary sulfonamides is 1. The van der Waals surface area contributed by atoms with E-state index in [1.165, 1.54) is 6.07 Å². The van der Waals surface area contributed by atoms with Crippen LogP contribution in [-0.2, 0) is 19.9 Å². The molecule has 1 heterocycles. The number of benzene rings is 1. The molecule has 0 aromatic heterocycles. The van der Waals surface area contributed by atoms with Gasteiger partial charge in [-0.15, -0.1) is 0 Å². The maximum absolute atomic E-state index is 12.3. The van der Waals surface area contributed by atoms with Crippen molar-refractivity contribution in [2.24, 2.45) is 5.14 Å². The van der Waals surface area contributed by atoms with Gasteiger partial charge < -0.3 is 4.90 Å². The number of sulfonamides is 1. The van der Waals surface area contributed by atoms with Crippen molar-refractivity contribution in [2.45, 2.75) is 22.6 Å². The van der Waals surface area contributed by atoms with Crippen LogP contribution in [0.3, 0.4) is 0 Å². The first-order valence-electron chi connectivity index (χ1n) is 6.26. The van der Waals surface area contributed by atoms with Crippen LogP contribution in [0.5, 0.6) is 0 Å². The Morgan fingerprint density at radius 1 is 1.05 bits per heavy atom. The molecule has 21 heavy (non-hydrogen) atoms. The molecule has 0 aliphatic carbocycles. The van der Waals surface area contributed by atoms with E-state index in [1.807, 2.05) is 0 Å². The van der Waals surface area contributed by atoms with Gasteiger partial charge in [-0.1, -0.05) is 0 Å². The lowest BCUT2D eigenvalue weighted by Gasteiger charge is -2.16. The van der Waals surface area contributed by atoms with Gasteiger partial charge in [-0.05, 0) is 31.0 Å². The van der Waals surface area contributed by atoms with Gasteiger partial charge in [-0.25, -0.2) is 22.0 Å². The zero-order valence-electron chi connectivity index (χ0n) is 11.4. The van der Waals surface area contributed by atoms with Crippen LogP contribution in [0.2, 0.25) is 0 Å². The fourth-order valence-electron chi connectivity index (χ4n) is 2.18. The minimum atomic E-state index is -4.10. The van der Waals surface area contributed by atoms with Crippen molar-refractivity contribution in [3.8, 4) is 0 Å². The minimum absolute atomic E-state index is 0.0175. The molecule has 1 aliphatic heterocycles. The number of rotatable bonds is 3. The molecule has 1 aliphatic rings. The number of sulfone groups is 1. The maximum atomic E-state index is 12.3. The molecule has 0 spiro atoms. The van der Waals surface area contributed by atoms with Gasteiger partial charge in [-0.3, -0.25) is 4.79 Å². The zero-order chi connectivity index (χ0) is 15.8. The van der Waals surface area contributed by atoms with E-state index in [0.717, 1.165) is 31.2 Å². The van der Waals surface area contributed by atoms with Crippen molar-refractivity contribution in [3.63, 3.8) is 0 Å². The third kappa shape index (κ3) is 3.60. The minimum Gasteiger partial charge on any atom is -0.339 e. The van der Waals surface area contributed by atoms with Crippen molar-refractivity contribution in [2.75, 3.05) is 19.3 Å². The number of carbonyl (C=O) groups excluding carboxylic acids is 1. The Morgan fingerprint density at radius 2 is 1.57 bits per heavy atom. The standard InChI is InChI=1S/C12H16N2O5S2/c1-20(16,17)10-6-9(7-11(8-10)21(13,18)19)12(15)14-4-2-3-5-14/h6-8H,2-5H2,1H3,(H2,13,18,19). The van der Waals surface area contributed by atoms with Gasteiger partial charge in [0.25, 0.3) is 5.91 Å². The summed E-state index contributed by atoms with van der Waals surface area (Å²) in [7, 11) is -7.76. The van der Waals surface area contributed by atoms with Crippen molar-refractivity contribution in [3.05, 3.63) is 23.8 Å². The normalized spacial score (nSPS) is 16.2. The molecule has 0 radical (unpaired) electrons. The Balaban J connectivity index is 2.57. The number of amides is 1. The summed E-state index contributed by atoms with van der Waals surface area (Å²) in [6.45, 7) is 1.15. The predicted octanol–water partition coefficient (Wildman–Crippen LogP) is -0.0265. The molecule has 0 unspecified atom stereocenters. The number of hydrogen-bond acceptors (Lipinski definition) is 5. The summed E-state index contributed by atoms with van der Waals surface area (Å²) >= 11 is 0. The van der Waals surface area contributed by atoms with Crippen LogP contribution in [0.1, 0.15) is 23.2 Å². The number of likely N-dealkylation sites (tertiary alicyclic amines) is 1. The zero-order valence-corrected chi connectivity index (χ0v) is 13.1. The largest absolute Gasteiger partial charge is 0.339 e. The Hall–Kier alpha value is -1.45. The summed E-state index contributed by atoms with van der Waals surface area (Å²) in [6.07, 6.45) is 2.69. The van der Waals surface area contributed by atoms with Gasteiger partial charge in [0.2, 0.25) is 10.0 Å². The topological polar surface area (TPSA) is 115 Å². The van der Waals surface area contributed by atoms with Crippen LogP contribution >= 0.6 is 0 Å². The van der Waals surface area contributed by atoms with Gasteiger partial charge in [0.15, 0.2) is 9.84 Å². The molecule has 0 atom stereocenters. The van der Waals surface area contributed by atoms with Gasteiger partial charge in [0.05, 0.1) is 9.79 Å². The Kier molecular flexibility index (Phi) is 4.09. The highest BCUT2D eigenvalue weighted by atomic mass is 32.2. The average molecular weight is 332 g/mol. The first kappa shape index (κ1) is 15.9. The van der Waals surface area contributed by atoms with Gasteiger partial charge in [0, 0.05) is 24.9 Å². The van der Waals surface area contributed by atoms with E-state index < -0.39 is 19.9 Å². The van der Waals surface area contributed by atoms with Crippen LogP contribution in [0.25, 0.3) is 0 Å². The maximum Gasteiger partial charge on any atom is 0.253 e. The molecule has 2 rings (SSSR count). The highest BCUT2D eigenvalue weighted by Gasteiger charge is 2.23. The molecule has 116 valence electrons. The number of nitrogens with zero attached hydrogens (tertiary/aromatic N) is 1. The SMILES string of the molecule is CS(=O)(=O)c1cc(C(=O)N2CCCC2)cc(S(N)(=O)=O)c1. The number of carbonyl (C=O) groups is 1. The highest BCUT2D eigenvalue weighted by molar-refractivity contribution is 7.91. The summed E-state index contributed by atoms with van der Waals surface area (Å²) < 4.78 is 46.2. The lowest BCUT2D eigenvalue weighted by Crippen LogP contribution is -2.28. The van der Waals surface area contributed by atoms with Crippen LogP contribution in [0, 0.1) is 0 Å².